The Morgan fingerprint density at radius 3 is 2.69 bits per heavy atom. The van der Waals surface area contributed by atoms with E-state index in [0.29, 0.717) is 11.6 Å². The predicted octanol–water partition coefficient (Wildman–Crippen LogP) is 1.62. The molecule has 0 bridgehead atoms. The van der Waals surface area contributed by atoms with Crippen molar-refractivity contribution >= 4 is 17.5 Å². The van der Waals surface area contributed by atoms with Crippen molar-refractivity contribution in [3.05, 3.63) is 34.9 Å². The van der Waals surface area contributed by atoms with Crippen LogP contribution in [0, 0.1) is 0 Å². The molecule has 1 rings (SSSR count). The van der Waals surface area contributed by atoms with Crippen molar-refractivity contribution < 1.29 is 9.90 Å². The van der Waals surface area contributed by atoms with Crippen LogP contribution in [0.15, 0.2) is 24.3 Å². The topological polar surface area (TPSA) is 52.2 Å². The van der Waals surface area contributed by atoms with Gasteiger partial charge in [0.1, 0.15) is 6.61 Å². The molecule has 1 radical (unpaired) electrons. The summed E-state index contributed by atoms with van der Waals surface area (Å²) >= 11 is 5.96. The van der Waals surface area contributed by atoms with Gasteiger partial charge in [0, 0.05) is 18.5 Å². The molecule has 0 unspecified atom stereocenters. The molecule has 0 heterocycles. The van der Waals surface area contributed by atoms with Gasteiger partial charge in [0.15, 0.2) is 0 Å². The van der Waals surface area contributed by atoms with E-state index in [4.69, 9.17) is 11.6 Å². The van der Waals surface area contributed by atoms with Gasteiger partial charge in [-0.25, -0.2) is 10.5 Å². The van der Waals surface area contributed by atoms with Crippen molar-refractivity contribution in [3.63, 3.8) is 0 Å². The van der Waals surface area contributed by atoms with Crippen LogP contribution in [0.2, 0.25) is 5.02 Å². The third-order valence-electron chi connectivity index (χ3n) is 2.11. The minimum absolute atomic E-state index is 0.153. The summed E-state index contributed by atoms with van der Waals surface area (Å²) in [7, 11) is 0. The lowest BCUT2D eigenvalue weighted by Gasteiger charge is -2.20. The van der Waals surface area contributed by atoms with E-state index in [9.17, 15) is 9.90 Å². The van der Waals surface area contributed by atoms with Crippen LogP contribution in [0.5, 0.6) is 0 Å². The molecule has 1 N–H and O–H groups in total. The zero-order valence-corrected chi connectivity index (χ0v) is 9.83. The minimum atomic E-state index is -0.324. The monoisotopic (exact) mass is 241 g/mol. The molecule has 16 heavy (non-hydrogen) atoms. The Hall–Kier alpha value is -1.10. The Balaban J connectivity index is 2.55. The standard InChI is InChI=1S/C11H14ClN2O2/c1-9(16)14(6-7-15)13-8-10-4-2-3-5-11(10)12/h2-5,13H,6-8H2,1H3. The van der Waals surface area contributed by atoms with E-state index in [1.165, 1.54) is 11.9 Å². The van der Waals surface area contributed by atoms with E-state index >= 15 is 0 Å². The highest BCUT2D eigenvalue weighted by molar-refractivity contribution is 6.31. The summed E-state index contributed by atoms with van der Waals surface area (Å²) in [5, 5.41) is 12.4. The van der Waals surface area contributed by atoms with E-state index in [-0.39, 0.29) is 19.1 Å². The Kier molecular flexibility index (Phi) is 5.25. The van der Waals surface area contributed by atoms with Crippen LogP contribution in [0.25, 0.3) is 0 Å². The predicted molar refractivity (Wildman–Crippen MR) is 61.2 cm³/mol. The Morgan fingerprint density at radius 2 is 2.12 bits per heavy atom. The molecule has 0 saturated carbocycles. The summed E-state index contributed by atoms with van der Waals surface area (Å²) in [6.45, 7) is 1.67. The van der Waals surface area contributed by atoms with Gasteiger partial charge in [-0.05, 0) is 11.6 Å². The molecule has 1 aromatic rings. The number of benzene rings is 1. The first kappa shape index (κ1) is 13.0. The molecule has 0 aliphatic rings. The second-order valence-electron chi connectivity index (χ2n) is 3.30. The quantitative estimate of drug-likeness (QED) is 0.797. The highest BCUT2D eigenvalue weighted by atomic mass is 35.5. The summed E-state index contributed by atoms with van der Waals surface area (Å²) in [6, 6.07) is 7.36. The van der Waals surface area contributed by atoms with E-state index in [0.717, 1.165) is 5.56 Å². The molecule has 4 nitrogen and oxygen atoms in total. The molecule has 1 amide bonds. The van der Waals surface area contributed by atoms with Crippen molar-refractivity contribution in [2.75, 3.05) is 13.2 Å². The van der Waals surface area contributed by atoms with Gasteiger partial charge in [-0.15, -0.1) is 0 Å². The van der Waals surface area contributed by atoms with E-state index in [2.05, 4.69) is 5.43 Å². The summed E-state index contributed by atoms with van der Waals surface area (Å²) in [5.41, 5.74) is 3.77. The number of hydrazine groups is 1. The zero-order chi connectivity index (χ0) is 12.0. The van der Waals surface area contributed by atoms with Crippen LogP contribution < -0.4 is 5.43 Å². The van der Waals surface area contributed by atoms with Crippen LogP contribution >= 0.6 is 11.6 Å². The largest absolute Gasteiger partial charge is 0.276 e. The summed E-state index contributed by atoms with van der Waals surface area (Å²) < 4.78 is 0. The first-order chi connectivity index (χ1) is 7.65. The van der Waals surface area contributed by atoms with Gasteiger partial charge in [-0.3, -0.25) is 9.80 Å². The molecule has 0 spiro atoms. The number of carbonyl (C=O) groups excluding carboxylic acids is 1. The van der Waals surface area contributed by atoms with Crippen LogP contribution in [0.1, 0.15) is 12.5 Å². The number of amides is 1. The Morgan fingerprint density at radius 1 is 1.44 bits per heavy atom. The fraction of sp³-hybridized carbons (Fsp3) is 0.364. The summed E-state index contributed by atoms with van der Waals surface area (Å²) in [4.78, 5) is 11.1. The Labute approximate surface area is 99.8 Å². The average Bonchev–Trinajstić information content (AvgIpc) is 2.26. The second kappa shape index (κ2) is 6.48. The highest BCUT2D eigenvalue weighted by Gasteiger charge is 2.08. The Bertz CT molecular complexity index is 358. The molecule has 0 aliphatic carbocycles. The van der Waals surface area contributed by atoms with Gasteiger partial charge in [-0.2, -0.15) is 0 Å². The lowest BCUT2D eigenvalue weighted by atomic mass is 10.2. The molecular weight excluding hydrogens is 228 g/mol. The molecule has 5 heteroatoms. The molecule has 87 valence electrons. The van der Waals surface area contributed by atoms with E-state index in [1.807, 2.05) is 18.2 Å². The first-order valence-corrected chi connectivity index (χ1v) is 5.36. The van der Waals surface area contributed by atoms with Crippen molar-refractivity contribution in [2.45, 2.75) is 13.5 Å². The van der Waals surface area contributed by atoms with Gasteiger partial charge in [0.25, 0.3) is 0 Å². The third kappa shape index (κ3) is 3.81. The molecule has 0 aromatic heterocycles. The van der Waals surface area contributed by atoms with Gasteiger partial charge in [-0.1, -0.05) is 29.8 Å². The summed E-state index contributed by atoms with van der Waals surface area (Å²) in [6.07, 6.45) is 0. The molecule has 0 fully saturated rings. The van der Waals surface area contributed by atoms with E-state index in [1.54, 1.807) is 6.07 Å². The smallest absolute Gasteiger partial charge is 0.233 e. The van der Waals surface area contributed by atoms with Gasteiger partial charge < -0.3 is 0 Å². The molecule has 0 atom stereocenters. The van der Waals surface area contributed by atoms with Crippen LogP contribution in [-0.4, -0.2) is 24.1 Å². The number of hydrogen-bond acceptors (Lipinski definition) is 2. The number of halogens is 1. The molecule has 0 aliphatic heterocycles. The second-order valence-corrected chi connectivity index (χ2v) is 3.71. The fourth-order valence-corrected chi connectivity index (χ4v) is 1.46. The SMILES string of the molecule is CC(=O)N(CC[O])NCc1ccccc1Cl. The fourth-order valence-electron chi connectivity index (χ4n) is 1.26. The van der Waals surface area contributed by atoms with Crippen molar-refractivity contribution in [2.24, 2.45) is 0 Å². The normalized spacial score (nSPS) is 10.2. The lowest BCUT2D eigenvalue weighted by molar-refractivity contribution is -0.133. The summed E-state index contributed by atoms with van der Waals surface area (Å²) in [5.74, 6) is -0.178. The van der Waals surface area contributed by atoms with Crippen LogP contribution in [-0.2, 0) is 16.4 Å². The zero-order valence-electron chi connectivity index (χ0n) is 9.07. The number of carbonyl (C=O) groups is 1. The van der Waals surface area contributed by atoms with Crippen molar-refractivity contribution in [1.82, 2.24) is 10.4 Å². The maximum absolute atomic E-state index is 11.1. The van der Waals surface area contributed by atoms with Gasteiger partial charge in [0.2, 0.25) is 5.91 Å². The number of hydrogen-bond donors (Lipinski definition) is 1. The maximum Gasteiger partial charge on any atom is 0.233 e. The lowest BCUT2D eigenvalue weighted by Crippen LogP contribution is -2.42. The minimum Gasteiger partial charge on any atom is -0.276 e. The average molecular weight is 242 g/mol. The van der Waals surface area contributed by atoms with Crippen molar-refractivity contribution in [3.8, 4) is 0 Å². The van der Waals surface area contributed by atoms with Gasteiger partial charge >= 0.3 is 0 Å². The molecule has 1 aromatic carbocycles. The van der Waals surface area contributed by atoms with Gasteiger partial charge in [0.05, 0.1) is 6.54 Å². The third-order valence-corrected chi connectivity index (χ3v) is 2.48. The van der Waals surface area contributed by atoms with E-state index < -0.39 is 0 Å². The molecular formula is C11H14ClN2O2. The molecule has 0 saturated heterocycles. The number of nitrogens with zero attached hydrogens (tertiary/aromatic N) is 1. The maximum atomic E-state index is 11.1. The highest BCUT2D eigenvalue weighted by Crippen LogP contribution is 2.14. The van der Waals surface area contributed by atoms with Crippen LogP contribution in [0.3, 0.4) is 0 Å². The van der Waals surface area contributed by atoms with Crippen molar-refractivity contribution in [1.29, 1.82) is 0 Å². The van der Waals surface area contributed by atoms with Crippen LogP contribution in [0.4, 0.5) is 0 Å². The number of nitrogens with one attached hydrogen (secondary N) is 1. The number of rotatable bonds is 5. The first-order valence-electron chi connectivity index (χ1n) is 4.98.